The first kappa shape index (κ1) is 11.7. The standard InChI is InChI=1S/C10H11ClFNO2S/c1-6-4-13-9-2-7(11)8(12)3-10(9)16(14,15)5-6/h2-3,6,13H,4-5H2,1H3. The molecule has 88 valence electrons. The summed E-state index contributed by atoms with van der Waals surface area (Å²) in [6.45, 7) is 2.36. The third-order valence-electron chi connectivity index (χ3n) is 2.50. The molecule has 0 saturated carbocycles. The SMILES string of the molecule is CC1CNc2cc(Cl)c(F)cc2S(=O)(=O)C1. The number of benzene rings is 1. The predicted octanol–water partition coefficient (Wildman–Crippen LogP) is 2.31. The summed E-state index contributed by atoms with van der Waals surface area (Å²) >= 11 is 5.62. The molecule has 1 aliphatic heterocycles. The van der Waals surface area contributed by atoms with Gasteiger partial charge >= 0.3 is 0 Å². The number of anilines is 1. The minimum atomic E-state index is -3.43. The lowest BCUT2D eigenvalue weighted by Crippen LogP contribution is -2.15. The molecule has 6 heteroatoms. The van der Waals surface area contributed by atoms with Crippen LogP contribution in [0.3, 0.4) is 0 Å². The van der Waals surface area contributed by atoms with Gasteiger partial charge in [0.15, 0.2) is 9.84 Å². The quantitative estimate of drug-likeness (QED) is 0.781. The molecular formula is C10H11ClFNO2S. The maximum absolute atomic E-state index is 13.3. The number of fused-ring (bicyclic) bond motifs is 1. The second kappa shape index (κ2) is 3.89. The van der Waals surface area contributed by atoms with Gasteiger partial charge in [0, 0.05) is 6.54 Å². The summed E-state index contributed by atoms with van der Waals surface area (Å²) in [7, 11) is -3.43. The van der Waals surface area contributed by atoms with Crippen LogP contribution in [0, 0.1) is 11.7 Å². The van der Waals surface area contributed by atoms with E-state index in [1.165, 1.54) is 6.07 Å². The third kappa shape index (κ3) is 2.01. The molecule has 0 radical (unpaired) electrons. The number of hydrogen-bond acceptors (Lipinski definition) is 3. The van der Waals surface area contributed by atoms with Crippen LogP contribution in [0.1, 0.15) is 6.92 Å². The van der Waals surface area contributed by atoms with Crippen molar-refractivity contribution in [3.8, 4) is 0 Å². The van der Waals surface area contributed by atoms with Crippen LogP contribution in [0.5, 0.6) is 0 Å². The number of hydrogen-bond donors (Lipinski definition) is 1. The van der Waals surface area contributed by atoms with Crippen molar-refractivity contribution in [1.82, 2.24) is 0 Å². The number of rotatable bonds is 0. The summed E-state index contributed by atoms with van der Waals surface area (Å²) in [6.07, 6.45) is 0. The smallest absolute Gasteiger partial charge is 0.180 e. The Morgan fingerprint density at radius 3 is 2.88 bits per heavy atom. The molecule has 3 nitrogen and oxygen atoms in total. The topological polar surface area (TPSA) is 46.2 Å². The first-order valence-corrected chi connectivity index (χ1v) is 6.89. The fourth-order valence-corrected chi connectivity index (χ4v) is 3.69. The van der Waals surface area contributed by atoms with Crippen molar-refractivity contribution in [3.05, 3.63) is 23.0 Å². The number of halogens is 2. The molecule has 0 bridgehead atoms. The molecule has 1 heterocycles. The zero-order valence-corrected chi connectivity index (χ0v) is 10.2. The second-order valence-corrected chi connectivity index (χ2v) is 6.44. The van der Waals surface area contributed by atoms with E-state index in [4.69, 9.17) is 11.6 Å². The van der Waals surface area contributed by atoms with Crippen LogP contribution in [0.15, 0.2) is 17.0 Å². The zero-order chi connectivity index (χ0) is 11.9. The first-order valence-electron chi connectivity index (χ1n) is 4.86. The minimum Gasteiger partial charge on any atom is -0.384 e. The number of sulfone groups is 1. The van der Waals surface area contributed by atoms with Crippen molar-refractivity contribution in [2.75, 3.05) is 17.6 Å². The molecule has 16 heavy (non-hydrogen) atoms. The molecule has 0 amide bonds. The van der Waals surface area contributed by atoms with Gasteiger partial charge < -0.3 is 5.32 Å². The lowest BCUT2D eigenvalue weighted by atomic mass is 10.2. The highest BCUT2D eigenvalue weighted by molar-refractivity contribution is 7.91. The maximum Gasteiger partial charge on any atom is 0.180 e. The van der Waals surface area contributed by atoms with Crippen LogP contribution in [0.4, 0.5) is 10.1 Å². The maximum atomic E-state index is 13.3. The van der Waals surface area contributed by atoms with Gasteiger partial charge in [-0.2, -0.15) is 0 Å². The van der Waals surface area contributed by atoms with Crippen LogP contribution in [0.2, 0.25) is 5.02 Å². The molecule has 0 spiro atoms. The summed E-state index contributed by atoms with van der Waals surface area (Å²) in [5, 5.41) is 2.90. The Morgan fingerprint density at radius 1 is 1.50 bits per heavy atom. The van der Waals surface area contributed by atoms with Crippen LogP contribution in [-0.2, 0) is 9.84 Å². The Kier molecular flexibility index (Phi) is 2.84. The fourth-order valence-electron chi connectivity index (χ4n) is 1.73. The Bertz CT molecular complexity index is 530. The van der Waals surface area contributed by atoms with Gasteiger partial charge in [0.2, 0.25) is 0 Å². The van der Waals surface area contributed by atoms with E-state index in [2.05, 4.69) is 5.32 Å². The Hall–Kier alpha value is -0.810. The molecule has 1 aromatic rings. The second-order valence-electron chi connectivity index (χ2n) is 4.03. The molecule has 0 saturated heterocycles. The van der Waals surface area contributed by atoms with Crippen molar-refractivity contribution < 1.29 is 12.8 Å². The van der Waals surface area contributed by atoms with Gasteiger partial charge in [-0.05, 0) is 18.1 Å². The van der Waals surface area contributed by atoms with Crippen molar-refractivity contribution in [2.24, 2.45) is 5.92 Å². The van der Waals surface area contributed by atoms with Crippen LogP contribution >= 0.6 is 11.6 Å². The molecule has 1 N–H and O–H groups in total. The Morgan fingerprint density at radius 2 is 2.19 bits per heavy atom. The van der Waals surface area contributed by atoms with E-state index in [0.29, 0.717) is 12.2 Å². The molecule has 1 aromatic carbocycles. The molecule has 1 atom stereocenters. The fraction of sp³-hybridized carbons (Fsp3) is 0.400. The van der Waals surface area contributed by atoms with E-state index in [1.54, 1.807) is 0 Å². The summed E-state index contributed by atoms with van der Waals surface area (Å²) in [4.78, 5) is -0.00116. The van der Waals surface area contributed by atoms with E-state index in [-0.39, 0.29) is 21.6 Å². The van der Waals surface area contributed by atoms with E-state index >= 15 is 0 Å². The minimum absolute atomic E-state index is 0.00116. The molecule has 1 aliphatic rings. The first-order chi connectivity index (χ1) is 7.40. The molecule has 2 rings (SSSR count). The van der Waals surface area contributed by atoms with Crippen molar-refractivity contribution >= 4 is 27.1 Å². The lowest BCUT2D eigenvalue weighted by Gasteiger charge is -2.08. The average molecular weight is 264 g/mol. The highest BCUT2D eigenvalue weighted by Crippen LogP contribution is 2.31. The van der Waals surface area contributed by atoms with Crippen LogP contribution in [-0.4, -0.2) is 20.7 Å². The Labute approximate surface area is 98.5 Å². The van der Waals surface area contributed by atoms with Gasteiger partial charge in [0.25, 0.3) is 0 Å². The zero-order valence-electron chi connectivity index (χ0n) is 8.63. The highest BCUT2D eigenvalue weighted by atomic mass is 35.5. The molecule has 0 fully saturated rings. The largest absolute Gasteiger partial charge is 0.384 e. The van der Waals surface area contributed by atoms with E-state index in [1.807, 2.05) is 6.92 Å². The van der Waals surface area contributed by atoms with Crippen molar-refractivity contribution in [1.29, 1.82) is 0 Å². The predicted molar refractivity (Wildman–Crippen MR) is 61.1 cm³/mol. The molecular weight excluding hydrogens is 253 g/mol. The summed E-state index contributed by atoms with van der Waals surface area (Å²) in [6, 6.07) is 2.31. The van der Waals surface area contributed by atoms with Gasteiger partial charge in [-0.1, -0.05) is 18.5 Å². The van der Waals surface area contributed by atoms with Gasteiger partial charge in [-0.25, -0.2) is 12.8 Å². The van der Waals surface area contributed by atoms with Gasteiger partial charge in [0.05, 0.1) is 21.4 Å². The summed E-state index contributed by atoms with van der Waals surface area (Å²) in [5.41, 5.74) is 0.385. The van der Waals surface area contributed by atoms with Crippen LogP contribution in [0.25, 0.3) is 0 Å². The molecule has 1 unspecified atom stereocenters. The normalized spacial score (nSPS) is 23.1. The lowest BCUT2D eigenvalue weighted by molar-refractivity contribution is 0.579. The summed E-state index contributed by atoms with van der Waals surface area (Å²) in [5.74, 6) is -0.701. The van der Waals surface area contributed by atoms with Gasteiger partial charge in [-0.3, -0.25) is 0 Å². The van der Waals surface area contributed by atoms with Crippen molar-refractivity contribution in [3.63, 3.8) is 0 Å². The van der Waals surface area contributed by atoms with E-state index in [0.717, 1.165) is 6.07 Å². The number of nitrogens with one attached hydrogen (secondary N) is 1. The average Bonchev–Trinajstić information content (AvgIpc) is 2.27. The monoisotopic (exact) mass is 263 g/mol. The van der Waals surface area contributed by atoms with Gasteiger partial charge in [-0.15, -0.1) is 0 Å². The molecule has 0 aliphatic carbocycles. The third-order valence-corrected chi connectivity index (χ3v) is 4.81. The Balaban J connectivity index is 2.64. The highest BCUT2D eigenvalue weighted by Gasteiger charge is 2.26. The van der Waals surface area contributed by atoms with Crippen molar-refractivity contribution in [2.45, 2.75) is 11.8 Å². The molecule has 0 aromatic heterocycles. The van der Waals surface area contributed by atoms with E-state index in [9.17, 15) is 12.8 Å². The van der Waals surface area contributed by atoms with E-state index < -0.39 is 15.7 Å². The van der Waals surface area contributed by atoms with Gasteiger partial charge in [0.1, 0.15) is 5.82 Å². The van der Waals surface area contributed by atoms with Crippen LogP contribution < -0.4 is 5.32 Å². The summed E-state index contributed by atoms with van der Waals surface area (Å²) < 4.78 is 37.1.